The number of nitro groups is 1. The summed E-state index contributed by atoms with van der Waals surface area (Å²) < 4.78 is 15.7. The topological polar surface area (TPSA) is 162 Å². The van der Waals surface area contributed by atoms with Crippen LogP contribution in [0.15, 0.2) is 101 Å². The third-order valence-electron chi connectivity index (χ3n) is 5.42. The van der Waals surface area contributed by atoms with Crippen molar-refractivity contribution in [3.8, 4) is 11.5 Å². The molecule has 2 N–H and O–H groups in total. The highest BCUT2D eigenvalue weighted by Gasteiger charge is 2.12. The van der Waals surface area contributed by atoms with E-state index in [0.29, 0.717) is 16.8 Å². The number of hydrazone groups is 1. The minimum Gasteiger partial charge on any atom is -0.493 e. The number of nitro benzene ring substituents is 1. The summed E-state index contributed by atoms with van der Waals surface area (Å²) in [4.78, 5) is 47.2. The minimum atomic E-state index is -0.682. The first-order valence-corrected chi connectivity index (χ1v) is 11.9. The summed E-state index contributed by atoms with van der Waals surface area (Å²) in [5.41, 5.74) is 4.15. The second-order valence-corrected chi connectivity index (χ2v) is 8.22. The van der Waals surface area contributed by atoms with Gasteiger partial charge in [0.05, 0.1) is 24.5 Å². The number of benzene rings is 3. The molecule has 12 nitrogen and oxygen atoms in total. The average Bonchev–Trinajstić information content (AvgIpc) is 3.52. The third-order valence-corrected chi connectivity index (χ3v) is 5.42. The molecule has 0 saturated heterocycles. The third kappa shape index (κ3) is 7.74. The van der Waals surface area contributed by atoms with Gasteiger partial charge in [-0.1, -0.05) is 6.07 Å². The van der Waals surface area contributed by atoms with Gasteiger partial charge in [-0.05, 0) is 77.9 Å². The van der Waals surface area contributed by atoms with Crippen LogP contribution in [0.1, 0.15) is 32.0 Å². The van der Waals surface area contributed by atoms with E-state index in [4.69, 9.17) is 13.9 Å². The zero-order valence-corrected chi connectivity index (χ0v) is 21.5. The van der Waals surface area contributed by atoms with Crippen LogP contribution in [-0.2, 0) is 4.79 Å². The molecule has 206 valence electrons. The maximum Gasteiger partial charge on any atom is 0.336 e. The van der Waals surface area contributed by atoms with Crippen LogP contribution in [0.25, 0.3) is 6.08 Å². The van der Waals surface area contributed by atoms with E-state index in [9.17, 15) is 24.5 Å². The number of amides is 2. The quantitative estimate of drug-likeness (QED) is 0.0703. The van der Waals surface area contributed by atoms with E-state index in [1.54, 1.807) is 36.4 Å². The van der Waals surface area contributed by atoms with E-state index in [-0.39, 0.29) is 28.5 Å². The smallest absolute Gasteiger partial charge is 0.336 e. The molecule has 1 aromatic heterocycles. The van der Waals surface area contributed by atoms with Crippen molar-refractivity contribution < 1.29 is 33.2 Å². The fourth-order valence-corrected chi connectivity index (χ4v) is 3.43. The molecule has 0 spiro atoms. The Morgan fingerprint density at radius 3 is 2.41 bits per heavy atom. The molecule has 2 amide bonds. The van der Waals surface area contributed by atoms with Gasteiger partial charge in [0.2, 0.25) is 0 Å². The van der Waals surface area contributed by atoms with E-state index in [2.05, 4.69) is 15.8 Å². The monoisotopic (exact) mass is 554 g/mol. The summed E-state index contributed by atoms with van der Waals surface area (Å²) in [6.45, 7) is 0. The van der Waals surface area contributed by atoms with Crippen LogP contribution in [0.5, 0.6) is 11.5 Å². The Hall–Kier alpha value is -6.04. The molecule has 0 atom stereocenters. The number of esters is 1. The number of methoxy groups -OCH3 is 1. The Kier molecular flexibility index (Phi) is 8.98. The number of non-ortho nitro benzene ring substituents is 1. The lowest BCUT2D eigenvalue weighted by Gasteiger charge is -2.08. The molecule has 0 aliphatic carbocycles. The highest BCUT2D eigenvalue weighted by atomic mass is 16.6. The van der Waals surface area contributed by atoms with Gasteiger partial charge in [0, 0.05) is 29.5 Å². The number of ether oxygens (including phenoxy) is 2. The largest absolute Gasteiger partial charge is 0.493 e. The van der Waals surface area contributed by atoms with Crippen molar-refractivity contribution in [2.75, 3.05) is 12.4 Å². The van der Waals surface area contributed by atoms with Crippen LogP contribution in [0.2, 0.25) is 0 Å². The Balaban J connectivity index is 1.34. The first-order chi connectivity index (χ1) is 19.8. The maximum atomic E-state index is 12.5. The van der Waals surface area contributed by atoms with Gasteiger partial charge >= 0.3 is 5.97 Å². The summed E-state index contributed by atoms with van der Waals surface area (Å²) in [5.74, 6) is -1.10. The molecule has 1 heterocycles. The molecule has 0 radical (unpaired) electrons. The second kappa shape index (κ2) is 13.2. The van der Waals surface area contributed by atoms with Crippen molar-refractivity contribution in [2.24, 2.45) is 5.10 Å². The number of hydrogen-bond acceptors (Lipinski definition) is 9. The first kappa shape index (κ1) is 28.0. The average molecular weight is 555 g/mol. The van der Waals surface area contributed by atoms with Crippen LogP contribution in [-0.4, -0.2) is 36.0 Å². The zero-order valence-electron chi connectivity index (χ0n) is 21.5. The Bertz CT molecular complexity index is 1630. The van der Waals surface area contributed by atoms with Gasteiger partial charge in [0.15, 0.2) is 17.3 Å². The molecule has 0 fully saturated rings. The molecule has 0 aliphatic rings. The van der Waals surface area contributed by atoms with Gasteiger partial charge < -0.3 is 19.2 Å². The van der Waals surface area contributed by atoms with Crippen molar-refractivity contribution in [2.45, 2.75) is 0 Å². The lowest BCUT2D eigenvalue weighted by molar-refractivity contribution is -0.384. The number of nitrogens with zero attached hydrogens (tertiary/aromatic N) is 2. The SMILES string of the molecule is COc1cc(C=NNC(=O)c2cccc(NC(=O)c3ccco3)c2)ccc1OC(=O)/C=C/c1ccc([N+](=O)[O-])cc1. The fourth-order valence-electron chi connectivity index (χ4n) is 3.43. The standard InChI is InChI=1S/C29H22N4O8/c1-39-26-16-20(9-13-24(26)41-27(34)14-10-19-7-11-23(12-8-19)33(37)38)18-30-32-28(35)21-4-2-5-22(17-21)31-29(36)25-6-3-15-40-25/h2-18H,1H3,(H,31,36)(H,32,35)/b14-10+,30-18?. The highest BCUT2D eigenvalue weighted by Crippen LogP contribution is 2.28. The number of anilines is 1. The molecule has 0 bridgehead atoms. The van der Waals surface area contributed by atoms with Crippen LogP contribution in [0.4, 0.5) is 11.4 Å². The zero-order chi connectivity index (χ0) is 29.2. The minimum absolute atomic E-state index is 0.0566. The van der Waals surface area contributed by atoms with Crippen LogP contribution in [0, 0.1) is 10.1 Å². The van der Waals surface area contributed by atoms with Crippen molar-refractivity contribution in [1.82, 2.24) is 5.43 Å². The molecule has 0 aliphatic heterocycles. The molecular weight excluding hydrogens is 532 g/mol. The van der Waals surface area contributed by atoms with Gasteiger partial charge in [-0.3, -0.25) is 19.7 Å². The van der Waals surface area contributed by atoms with Gasteiger partial charge in [-0.25, -0.2) is 10.2 Å². The lowest BCUT2D eigenvalue weighted by atomic mass is 10.2. The van der Waals surface area contributed by atoms with Gasteiger partial charge in [-0.15, -0.1) is 0 Å². The van der Waals surface area contributed by atoms with E-state index >= 15 is 0 Å². The van der Waals surface area contributed by atoms with Crippen LogP contribution in [0.3, 0.4) is 0 Å². The number of hydrogen-bond donors (Lipinski definition) is 2. The molecule has 3 aromatic carbocycles. The van der Waals surface area contributed by atoms with Crippen LogP contribution < -0.4 is 20.2 Å². The Morgan fingerprint density at radius 1 is 0.927 bits per heavy atom. The summed E-state index contributed by atoms with van der Waals surface area (Å²) in [6, 6.07) is 19.8. The lowest BCUT2D eigenvalue weighted by Crippen LogP contribution is -2.18. The maximum absolute atomic E-state index is 12.5. The van der Waals surface area contributed by atoms with Crippen molar-refractivity contribution in [1.29, 1.82) is 0 Å². The number of furan rings is 1. The predicted molar refractivity (Wildman–Crippen MR) is 149 cm³/mol. The summed E-state index contributed by atoms with van der Waals surface area (Å²) in [6.07, 6.45) is 5.41. The number of carbonyl (C=O) groups is 3. The Labute approximate surface area is 233 Å². The van der Waals surface area contributed by atoms with Crippen molar-refractivity contribution >= 4 is 41.4 Å². The number of carbonyl (C=O) groups excluding carboxylic acids is 3. The number of nitrogens with one attached hydrogen (secondary N) is 2. The van der Waals surface area contributed by atoms with E-state index in [0.717, 1.165) is 0 Å². The molecular formula is C29H22N4O8. The molecule has 4 aromatic rings. The predicted octanol–water partition coefficient (Wildman–Crippen LogP) is 4.83. The van der Waals surface area contributed by atoms with Crippen molar-refractivity contribution in [3.63, 3.8) is 0 Å². The second-order valence-electron chi connectivity index (χ2n) is 8.22. The summed E-state index contributed by atoms with van der Waals surface area (Å²) >= 11 is 0. The van der Waals surface area contributed by atoms with E-state index in [1.165, 1.54) is 74.2 Å². The summed E-state index contributed by atoms with van der Waals surface area (Å²) in [7, 11) is 1.40. The van der Waals surface area contributed by atoms with Gasteiger partial charge in [-0.2, -0.15) is 5.10 Å². The van der Waals surface area contributed by atoms with E-state index in [1.807, 2.05) is 0 Å². The normalized spacial score (nSPS) is 10.9. The van der Waals surface area contributed by atoms with Crippen LogP contribution >= 0.6 is 0 Å². The first-order valence-electron chi connectivity index (χ1n) is 11.9. The Morgan fingerprint density at radius 2 is 1.71 bits per heavy atom. The van der Waals surface area contributed by atoms with Gasteiger partial charge in [0.25, 0.3) is 17.5 Å². The molecule has 0 saturated carbocycles. The molecule has 41 heavy (non-hydrogen) atoms. The fraction of sp³-hybridized carbons (Fsp3) is 0.0345. The van der Waals surface area contributed by atoms with Crippen molar-refractivity contribution in [3.05, 3.63) is 124 Å². The molecule has 4 rings (SSSR count). The van der Waals surface area contributed by atoms with E-state index < -0.39 is 22.7 Å². The highest BCUT2D eigenvalue weighted by molar-refractivity contribution is 6.03. The molecule has 12 heteroatoms. The van der Waals surface area contributed by atoms with Gasteiger partial charge in [0.1, 0.15) is 0 Å². The molecule has 0 unspecified atom stereocenters. The summed E-state index contributed by atoms with van der Waals surface area (Å²) in [5, 5.41) is 17.3. The number of rotatable bonds is 10.